The van der Waals surface area contributed by atoms with Crippen molar-refractivity contribution in [3.63, 3.8) is 0 Å². The van der Waals surface area contributed by atoms with E-state index in [1.54, 1.807) is 0 Å². The second-order valence-corrected chi connectivity index (χ2v) is 4.85. The maximum absolute atomic E-state index is 5.46. The highest BCUT2D eigenvalue weighted by molar-refractivity contribution is 7.99. The van der Waals surface area contributed by atoms with Crippen LogP contribution in [0, 0.1) is 0 Å². The molecular weight excluding hydrogens is 184 g/mol. The van der Waals surface area contributed by atoms with Crippen LogP contribution >= 0.6 is 11.8 Å². The van der Waals surface area contributed by atoms with Crippen molar-refractivity contribution >= 4 is 11.8 Å². The zero-order valence-corrected chi connectivity index (χ0v) is 9.18. The predicted octanol–water partition coefficient (Wildman–Crippen LogP) is 2.07. The normalized spacial score (nSPS) is 42.0. The van der Waals surface area contributed by atoms with Gasteiger partial charge in [-0.25, -0.2) is 0 Å². The van der Waals surface area contributed by atoms with Crippen molar-refractivity contribution in [1.29, 1.82) is 0 Å². The van der Waals surface area contributed by atoms with E-state index in [2.05, 4.69) is 13.8 Å². The Morgan fingerprint density at radius 3 is 1.62 bits per heavy atom. The molecule has 2 nitrogen and oxygen atoms in total. The second kappa shape index (κ2) is 4.20. The first-order valence-corrected chi connectivity index (χ1v) is 6.39. The maximum Gasteiger partial charge on any atom is 0.0931 e. The summed E-state index contributed by atoms with van der Waals surface area (Å²) in [6.07, 6.45) is 4.57. The fraction of sp³-hybridized carbons (Fsp3) is 1.00. The van der Waals surface area contributed by atoms with E-state index in [4.69, 9.17) is 9.47 Å². The van der Waals surface area contributed by atoms with Crippen molar-refractivity contribution in [2.75, 3.05) is 11.5 Å². The SMILES string of the molecule is CCC1OC1CSCC1OC1CC. The summed E-state index contributed by atoms with van der Waals surface area (Å²) in [6, 6.07) is 0. The lowest BCUT2D eigenvalue weighted by Gasteiger charge is -1.94. The Morgan fingerprint density at radius 1 is 0.846 bits per heavy atom. The molecule has 2 heterocycles. The van der Waals surface area contributed by atoms with Crippen molar-refractivity contribution in [2.45, 2.75) is 51.1 Å². The van der Waals surface area contributed by atoms with E-state index >= 15 is 0 Å². The Bertz CT molecular complexity index is 156. The molecule has 0 spiro atoms. The lowest BCUT2D eigenvalue weighted by Crippen LogP contribution is -2.01. The summed E-state index contributed by atoms with van der Waals surface area (Å²) in [5.41, 5.74) is 0. The van der Waals surface area contributed by atoms with Crippen molar-refractivity contribution < 1.29 is 9.47 Å². The van der Waals surface area contributed by atoms with Gasteiger partial charge in [-0.3, -0.25) is 0 Å². The molecule has 0 aromatic carbocycles. The minimum absolute atomic E-state index is 0.550. The average Bonchev–Trinajstić information content (AvgIpc) is 2.99. The lowest BCUT2D eigenvalue weighted by atomic mass is 10.3. The Kier molecular flexibility index (Phi) is 3.17. The van der Waals surface area contributed by atoms with Crippen molar-refractivity contribution in [3.05, 3.63) is 0 Å². The highest BCUT2D eigenvalue weighted by Crippen LogP contribution is 2.32. The number of hydrogen-bond donors (Lipinski definition) is 0. The minimum Gasteiger partial charge on any atom is -0.369 e. The fourth-order valence-corrected chi connectivity index (χ4v) is 2.86. The van der Waals surface area contributed by atoms with E-state index in [1.165, 1.54) is 12.8 Å². The van der Waals surface area contributed by atoms with E-state index in [9.17, 15) is 0 Å². The summed E-state index contributed by atoms with van der Waals surface area (Å²) in [7, 11) is 0. The van der Waals surface area contributed by atoms with E-state index in [1.807, 2.05) is 11.8 Å². The molecule has 0 bridgehead atoms. The third kappa shape index (κ3) is 2.61. The Morgan fingerprint density at radius 2 is 1.31 bits per heavy atom. The van der Waals surface area contributed by atoms with Crippen molar-refractivity contribution in [3.8, 4) is 0 Å². The largest absolute Gasteiger partial charge is 0.369 e. The molecule has 0 amide bonds. The molecule has 0 aliphatic carbocycles. The maximum atomic E-state index is 5.46. The van der Waals surface area contributed by atoms with Crippen LogP contribution in [0.5, 0.6) is 0 Å². The Labute approximate surface area is 84.4 Å². The molecule has 4 atom stereocenters. The van der Waals surface area contributed by atoms with Crippen LogP contribution in [0.2, 0.25) is 0 Å². The molecule has 2 aliphatic heterocycles. The highest BCUT2D eigenvalue weighted by Gasteiger charge is 2.39. The summed E-state index contributed by atoms with van der Waals surface area (Å²) in [5, 5.41) is 0. The smallest absolute Gasteiger partial charge is 0.0931 e. The molecule has 76 valence electrons. The van der Waals surface area contributed by atoms with Crippen LogP contribution in [0.15, 0.2) is 0 Å². The van der Waals surface area contributed by atoms with Gasteiger partial charge in [0.25, 0.3) is 0 Å². The van der Waals surface area contributed by atoms with E-state index in [0.717, 1.165) is 11.5 Å². The third-order valence-corrected chi connectivity index (χ3v) is 3.87. The van der Waals surface area contributed by atoms with Gasteiger partial charge in [-0.15, -0.1) is 0 Å². The number of epoxide rings is 2. The monoisotopic (exact) mass is 202 g/mol. The summed E-state index contributed by atoms with van der Waals surface area (Å²) >= 11 is 1.98. The fourth-order valence-electron chi connectivity index (χ4n) is 1.67. The Balaban J connectivity index is 1.47. The average molecular weight is 202 g/mol. The second-order valence-electron chi connectivity index (χ2n) is 3.78. The Hall–Kier alpha value is 0.270. The first-order chi connectivity index (χ1) is 6.35. The topological polar surface area (TPSA) is 25.1 Å². The van der Waals surface area contributed by atoms with Gasteiger partial charge in [-0.1, -0.05) is 13.8 Å². The molecular formula is C10H18O2S. The van der Waals surface area contributed by atoms with Crippen LogP contribution in [-0.2, 0) is 9.47 Å². The van der Waals surface area contributed by atoms with Crippen LogP contribution in [0.25, 0.3) is 0 Å². The zero-order valence-electron chi connectivity index (χ0n) is 8.36. The molecule has 2 aliphatic rings. The lowest BCUT2D eigenvalue weighted by molar-refractivity contribution is 0.375. The van der Waals surface area contributed by atoms with Gasteiger partial charge in [0.15, 0.2) is 0 Å². The van der Waals surface area contributed by atoms with Gasteiger partial charge in [-0.2, -0.15) is 11.8 Å². The molecule has 4 unspecified atom stereocenters. The van der Waals surface area contributed by atoms with Gasteiger partial charge in [0.2, 0.25) is 0 Å². The van der Waals surface area contributed by atoms with Crippen LogP contribution < -0.4 is 0 Å². The van der Waals surface area contributed by atoms with Crippen LogP contribution in [0.4, 0.5) is 0 Å². The molecule has 0 radical (unpaired) electrons. The summed E-state index contributed by atoms with van der Waals surface area (Å²) in [5.74, 6) is 2.32. The van der Waals surface area contributed by atoms with Gasteiger partial charge in [-0.05, 0) is 12.8 Å². The molecule has 0 aromatic rings. The number of hydrogen-bond acceptors (Lipinski definition) is 3. The van der Waals surface area contributed by atoms with Gasteiger partial charge in [0.05, 0.1) is 24.4 Å². The van der Waals surface area contributed by atoms with Gasteiger partial charge < -0.3 is 9.47 Å². The first kappa shape index (κ1) is 9.81. The molecule has 0 aromatic heterocycles. The van der Waals surface area contributed by atoms with E-state index in [0.29, 0.717) is 24.4 Å². The molecule has 2 fully saturated rings. The molecule has 2 rings (SSSR count). The van der Waals surface area contributed by atoms with E-state index in [-0.39, 0.29) is 0 Å². The first-order valence-electron chi connectivity index (χ1n) is 5.23. The quantitative estimate of drug-likeness (QED) is 0.616. The molecule has 0 saturated carbocycles. The molecule has 3 heteroatoms. The van der Waals surface area contributed by atoms with Gasteiger partial charge in [0, 0.05) is 11.5 Å². The number of thioether (sulfide) groups is 1. The molecule has 2 saturated heterocycles. The summed E-state index contributed by atoms with van der Waals surface area (Å²) in [6.45, 7) is 4.37. The summed E-state index contributed by atoms with van der Waals surface area (Å²) in [4.78, 5) is 0. The minimum atomic E-state index is 0.550. The highest BCUT2D eigenvalue weighted by atomic mass is 32.2. The van der Waals surface area contributed by atoms with Crippen LogP contribution in [-0.4, -0.2) is 35.9 Å². The number of rotatable bonds is 6. The van der Waals surface area contributed by atoms with E-state index < -0.39 is 0 Å². The standard InChI is InChI=1S/C10H18O2S/c1-3-7-9(11-7)5-13-6-10-8(4-2)12-10/h7-10H,3-6H2,1-2H3. The predicted molar refractivity (Wildman–Crippen MR) is 55.2 cm³/mol. The molecule has 13 heavy (non-hydrogen) atoms. The molecule has 0 N–H and O–H groups in total. The zero-order chi connectivity index (χ0) is 9.26. The van der Waals surface area contributed by atoms with Crippen molar-refractivity contribution in [1.82, 2.24) is 0 Å². The number of ether oxygens (including phenoxy) is 2. The van der Waals surface area contributed by atoms with Crippen LogP contribution in [0.1, 0.15) is 26.7 Å². The van der Waals surface area contributed by atoms with Crippen molar-refractivity contribution in [2.24, 2.45) is 0 Å². The van der Waals surface area contributed by atoms with Gasteiger partial charge in [0.1, 0.15) is 0 Å². The van der Waals surface area contributed by atoms with Gasteiger partial charge >= 0.3 is 0 Å². The van der Waals surface area contributed by atoms with Crippen LogP contribution in [0.3, 0.4) is 0 Å². The third-order valence-electron chi connectivity index (χ3n) is 2.74. The summed E-state index contributed by atoms with van der Waals surface area (Å²) < 4.78 is 10.9.